The van der Waals surface area contributed by atoms with Crippen LogP contribution in [-0.4, -0.2) is 19.6 Å². The Hall–Kier alpha value is -0.540. The summed E-state index contributed by atoms with van der Waals surface area (Å²) in [5, 5.41) is 3.53. The minimum Gasteiger partial charge on any atom is -0.371 e. The van der Waals surface area contributed by atoms with E-state index in [2.05, 4.69) is 65.1 Å². The SMILES string of the molecule is CCCNCc1ccc(Br)cc1N1CCC(C(C)C)C1. The Morgan fingerprint density at radius 3 is 2.85 bits per heavy atom. The number of hydrogen-bond acceptors (Lipinski definition) is 2. The molecule has 1 aromatic rings. The van der Waals surface area contributed by atoms with Crippen molar-refractivity contribution in [3.63, 3.8) is 0 Å². The van der Waals surface area contributed by atoms with Crippen molar-refractivity contribution in [1.29, 1.82) is 0 Å². The fourth-order valence-electron chi connectivity index (χ4n) is 2.93. The molecule has 1 aromatic carbocycles. The summed E-state index contributed by atoms with van der Waals surface area (Å²) in [5.74, 6) is 1.62. The van der Waals surface area contributed by atoms with E-state index >= 15 is 0 Å². The molecular formula is C17H27BrN2. The lowest BCUT2D eigenvalue weighted by Gasteiger charge is -2.23. The lowest BCUT2D eigenvalue weighted by atomic mass is 9.95. The van der Waals surface area contributed by atoms with Crippen LogP contribution >= 0.6 is 15.9 Å². The number of halogens is 1. The highest BCUT2D eigenvalue weighted by Gasteiger charge is 2.26. The third-order valence-electron chi connectivity index (χ3n) is 4.30. The fourth-order valence-corrected chi connectivity index (χ4v) is 3.28. The number of benzene rings is 1. The number of rotatable bonds is 6. The third-order valence-corrected chi connectivity index (χ3v) is 4.79. The fraction of sp³-hybridized carbons (Fsp3) is 0.647. The first-order valence-corrected chi connectivity index (χ1v) is 8.65. The maximum absolute atomic E-state index is 3.62. The van der Waals surface area contributed by atoms with Crippen molar-refractivity contribution in [3.05, 3.63) is 28.2 Å². The van der Waals surface area contributed by atoms with E-state index < -0.39 is 0 Å². The quantitative estimate of drug-likeness (QED) is 0.771. The largest absolute Gasteiger partial charge is 0.371 e. The summed E-state index contributed by atoms with van der Waals surface area (Å²) in [6, 6.07) is 6.69. The zero-order valence-electron chi connectivity index (χ0n) is 13.0. The number of nitrogens with zero attached hydrogens (tertiary/aromatic N) is 1. The Balaban J connectivity index is 2.11. The molecule has 0 amide bonds. The van der Waals surface area contributed by atoms with Crippen molar-refractivity contribution in [3.8, 4) is 0 Å². The van der Waals surface area contributed by atoms with E-state index in [1.165, 1.54) is 41.7 Å². The molecule has 0 aromatic heterocycles. The molecule has 0 bridgehead atoms. The lowest BCUT2D eigenvalue weighted by molar-refractivity contribution is 0.422. The highest BCUT2D eigenvalue weighted by Crippen LogP contribution is 2.32. The summed E-state index contributed by atoms with van der Waals surface area (Å²) >= 11 is 3.62. The number of hydrogen-bond donors (Lipinski definition) is 1. The van der Waals surface area contributed by atoms with Gasteiger partial charge in [0.1, 0.15) is 0 Å². The highest BCUT2D eigenvalue weighted by atomic mass is 79.9. The first kappa shape index (κ1) is 15.8. The molecule has 2 rings (SSSR count). The van der Waals surface area contributed by atoms with E-state index in [0.29, 0.717) is 0 Å². The van der Waals surface area contributed by atoms with Gasteiger partial charge in [-0.2, -0.15) is 0 Å². The summed E-state index contributed by atoms with van der Waals surface area (Å²) in [6.45, 7) is 11.4. The van der Waals surface area contributed by atoms with Crippen molar-refractivity contribution in [2.45, 2.75) is 40.2 Å². The highest BCUT2D eigenvalue weighted by molar-refractivity contribution is 9.10. The molecule has 1 atom stereocenters. The average molecular weight is 339 g/mol. The zero-order valence-corrected chi connectivity index (χ0v) is 14.5. The van der Waals surface area contributed by atoms with E-state index in [0.717, 1.165) is 24.9 Å². The average Bonchev–Trinajstić information content (AvgIpc) is 2.90. The van der Waals surface area contributed by atoms with Crippen LogP contribution in [0.25, 0.3) is 0 Å². The normalized spacial score (nSPS) is 19.1. The molecule has 2 nitrogen and oxygen atoms in total. The smallest absolute Gasteiger partial charge is 0.0423 e. The molecular weight excluding hydrogens is 312 g/mol. The third kappa shape index (κ3) is 3.98. The molecule has 1 heterocycles. The van der Waals surface area contributed by atoms with Gasteiger partial charge in [-0.1, -0.05) is 42.8 Å². The van der Waals surface area contributed by atoms with Crippen molar-refractivity contribution in [1.82, 2.24) is 5.32 Å². The molecule has 3 heteroatoms. The van der Waals surface area contributed by atoms with Crippen LogP contribution in [0.5, 0.6) is 0 Å². The van der Waals surface area contributed by atoms with E-state index in [1.807, 2.05) is 0 Å². The minimum absolute atomic E-state index is 0.786. The van der Waals surface area contributed by atoms with Crippen LogP contribution in [0.2, 0.25) is 0 Å². The monoisotopic (exact) mass is 338 g/mol. The van der Waals surface area contributed by atoms with E-state index in [-0.39, 0.29) is 0 Å². The van der Waals surface area contributed by atoms with Crippen molar-refractivity contribution in [2.75, 3.05) is 24.5 Å². The molecule has 20 heavy (non-hydrogen) atoms. The van der Waals surface area contributed by atoms with E-state index in [4.69, 9.17) is 0 Å². The van der Waals surface area contributed by atoms with Gasteiger partial charge in [-0.3, -0.25) is 0 Å². The molecule has 1 saturated heterocycles. The Bertz CT molecular complexity index is 431. The second kappa shape index (κ2) is 7.46. The summed E-state index contributed by atoms with van der Waals surface area (Å²) in [7, 11) is 0. The molecule has 1 N–H and O–H groups in total. The van der Waals surface area contributed by atoms with Crippen molar-refractivity contribution < 1.29 is 0 Å². The van der Waals surface area contributed by atoms with Crippen LogP contribution in [0.15, 0.2) is 22.7 Å². The standard InChI is InChI=1S/C17H27BrN2/c1-4-8-19-11-14-5-6-16(18)10-17(14)20-9-7-15(12-20)13(2)3/h5-6,10,13,15,19H,4,7-9,11-12H2,1-3H3. The van der Waals surface area contributed by atoms with Crippen molar-refractivity contribution in [2.24, 2.45) is 11.8 Å². The molecule has 1 fully saturated rings. The van der Waals surface area contributed by atoms with Gasteiger partial charge in [0.15, 0.2) is 0 Å². The Morgan fingerprint density at radius 2 is 2.20 bits per heavy atom. The van der Waals surface area contributed by atoms with Gasteiger partial charge in [-0.15, -0.1) is 0 Å². The van der Waals surface area contributed by atoms with E-state index in [1.54, 1.807) is 0 Å². The van der Waals surface area contributed by atoms with Crippen LogP contribution in [0.4, 0.5) is 5.69 Å². The molecule has 0 aliphatic carbocycles. The minimum atomic E-state index is 0.786. The predicted molar refractivity (Wildman–Crippen MR) is 91.3 cm³/mol. The molecule has 0 spiro atoms. The summed E-state index contributed by atoms with van der Waals surface area (Å²) < 4.78 is 1.18. The summed E-state index contributed by atoms with van der Waals surface area (Å²) in [6.07, 6.45) is 2.51. The Morgan fingerprint density at radius 1 is 1.40 bits per heavy atom. The first-order chi connectivity index (χ1) is 9.61. The van der Waals surface area contributed by atoms with Crippen molar-refractivity contribution >= 4 is 21.6 Å². The van der Waals surface area contributed by atoms with Gasteiger partial charge in [-0.05, 0) is 48.9 Å². The topological polar surface area (TPSA) is 15.3 Å². The van der Waals surface area contributed by atoms with E-state index in [9.17, 15) is 0 Å². The lowest BCUT2D eigenvalue weighted by Crippen LogP contribution is -2.24. The van der Waals surface area contributed by atoms with Gasteiger partial charge in [0.05, 0.1) is 0 Å². The number of nitrogens with one attached hydrogen (secondary N) is 1. The van der Waals surface area contributed by atoms with Crippen LogP contribution in [-0.2, 0) is 6.54 Å². The van der Waals surface area contributed by atoms with Crippen LogP contribution in [0, 0.1) is 11.8 Å². The molecule has 112 valence electrons. The maximum Gasteiger partial charge on any atom is 0.0423 e. The molecule has 1 aliphatic heterocycles. The van der Waals surface area contributed by atoms with Crippen LogP contribution in [0.1, 0.15) is 39.2 Å². The molecule has 1 unspecified atom stereocenters. The zero-order chi connectivity index (χ0) is 14.5. The first-order valence-electron chi connectivity index (χ1n) is 7.86. The van der Waals surface area contributed by atoms with Gasteiger partial charge < -0.3 is 10.2 Å². The number of anilines is 1. The van der Waals surface area contributed by atoms with Gasteiger partial charge in [0.25, 0.3) is 0 Å². The van der Waals surface area contributed by atoms with Gasteiger partial charge in [0, 0.05) is 29.8 Å². The molecule has 0 radical (unpaired) electrons. The van der Waals surface area contributed by atoms with Crippen LogP contribution < -0.4 is 10.2 Å². The van der Waals surface area contributed by atoms with Gasteiger partial charge in [-0.25, -0.2) is 0 Å². The summed E-state index contributed by atoms with van der Waals surface area (Å²) in [5.41, 5.74) is 2.83. The van der Waals surface area contributed by atoms with Gasteiger partial charge >= 0.3 is 0 Å². The Labute approximate surface area is 132 Å². The summed E-state index contributed by atoms with van der Waals surface area (Å²) in [4.78, 5) is 2.57. The van der Waals surface area contributed by atoms with Crippen LogP contribution in [0.3, 0.4) is 0 Å². The second-order valence-corrected chi connectivity index (χ2v) is 7.10. The molecule has 1 aliphatic rings. The predicted octanol–water partition coefficient (Wildman–Crippen LogP) is 4.43. The van der Waals surface area contributed by atoms with Gasteiger partial charge in [0.2, 0.25) is 0 Å². The maximum atomic E-state index is 3.62. The Kier molecular flexibility index (Phi) is 5.91. The molecule has 0 saturated carbocycles. The second-order valence-electron chi connectivity index (χ2n) is 6.19.